The van der Waals surface area contributed by atoms with Crippen LogP contribution in [0.4, 0.5) is 0 Å². The molecule has 0 aliphatic heterocycles. The van der Waals surface area contributed by atoms with Gasteiger partial charge >= 0.3 is 0 Å². The third-order valence-corrected chi connectivity index (χ3v) is 10.1. The van der Waals surface area contributed by atoms with Crippen molar-refractivity contribution in [2.75, 3.05) is 0 Å². The maximum atomic E-state index is 10.8. The van der Waals surface area contributed by atoms with Crippen molar-refractivity contribution < 1.29 is 10.2 Å². The Morgan fingerprint density at radius 2 is 1.62 bits per heavy atom. The minimum atomic E-state index is -0.276. The molecule has 0 saturated heterocycles. The minimum Gasteiger partial charge on any atom is -0.393 e. The highest BCUT2D eigenvalue weighted by Crippen LogP contribution is 2.69. The number of aliphatic hydroxyl groups is 2. The molecule has 2 heteroatoms. The molecule has 0 amide bonds. The molecule has 0 bridgehead atoms. The van der Waals surface area contributed by atoms with Gasteiger partial charge in [0.25, 0.3) is 0 Å². The molecular formula is C22H36O2. The molecular weight excluding hydrogens is 296 g/mol. The van der Waals surface area contributed by atoms with Crippen LogP contribution < -0.4 is 0 Å². The zero-order valence-corrected chi connectivity index (χ0v) is 15.7. The van der Waals surface area contributed by atoms with Crippen molar-refractivity contribution in [1.82, 2.24) is 0 Å². The van der Waals surface area contributed by atoms with E-state index in [-0.39, 0.29) is 11.7 Å². The first-order chi connectivity index (χ1) is 11.4. The second-order valence-electron chi connectivity index (χ2n) is 10.7. The molecule has 11 unspecified atom stereocenters. The van der Waals surface area contributed by atoms with E-state index in [0.29, 0.717) is 23.2 Å². The van der Waals surface area contributed by atoms with Crippen LogP contribution in [0, 0.1) is 52.8 Å². The first-order valence-corrected chi connectivity index (χ1v) is 10.8. The van der Waals surface area contributed by atoms with E-state index >= 15 is 0 Å². The molecule has 5 saturated carbocycles. The van der Waals surface area contributed by atoms with Gasteiger partial charge in [-0.2, -0.15) is 0 Å². The van der Waals surface area contributed by atoms with Crippen LogP contribution in [0.25, 0.3) is 0 Å². The van der Waals surface area contributed by atoms with Crippen LogP contribution in [0.3, 0.4) is 0 Å². The van der Waals surface area contributed by atoms with E-state index < -0.39 is 0 Å². The first kappa shape index (κ1) is 16.1. The van der Waals surface area contributed by atoms with E-state index in [2.05, 4.69) is 13.8 Å². The first-order valence-electron chi connectivity index (χ1n) is 10.8. The van der Waals surface area contributed by atoms with Crippen LogP contribution in [0.15, 0.2) is 0 Å². The molecule has 2 nitrogen and oxygen atoms in total. The molecule has 0 heterocycles. The molecule has 11 atom stereocenters. The topological polar surface area (TPSA) is 40.5 Å². The van der Waals surface area contributed by atoms with Gasteiger partial charge in [0.1, 0.15) is 0 Å². The lowest BCUT2D eigenvalue weighted by molar-refractivity contribution is -0.102. The summed E-state index contributed by atoms with van der Waals surface area (Å²) in [5.41, 5.74) is 0.116. The van der Waals surface area contributed by atoms with Gasteiger partial charge in [0, 0.05) is 0 Å². The number of hydrogen-bond acceptors (Lipinski definition) is 2. The van der Waals surface area contributed by atoms with Gasteiger partial charge in [0.2, 0.25) is 0 Å². The van der Waals surface area contributed by atoms with Gasteiger partial charge in [-0.05, 0) is 111 Å². The fourth-order valence-electron chi connectivity index (χ4n) is 8.86. The third-order valence-electron chi connectivity index (χ3n) is 10.1. The number of rotatable bonds is 1. The van der Waals surface area contributed by atoms with Crippen LogP contribution in [0.5, 0.6) is 0 Å². The summed E-state index contributed by atoms with van der Waals surface area (Å²) >= 11 is 0. The van der Waals surface area contributed by atoms with Gasteiger partial charge in [-0.1, -0.05) is 13.8 Å². The van der Waals surface area contributed by atoms with Gasteiger partial charge in [-0.25, -0.2) is 0 Å². The molecule has 136 valence electrons. The zero-order valence-electron chi connectivity index (χ0n) is 15.7. The maximum absolute atomic E-state index is 10.8. The van der Waals surface area contributed by atoms with E-state index in [1.165, 1.54) is 44.9 Å². The molecule has 5 aliphatic carbocycles. The Kier molecular flexibility index (Phi) is 3.36. The lowest BCUT2D eigenvalue weighted by atomic mass is 9.49. The molecule has 24 heavy (non-hydrogen) atoms. The van der Waals surface area contributed by atoms with Crippen LogP contribution in [-0.2, 0) is 0 Å². The predicted molar refractivity (Wildman–Crippen MR) is 95.3 cm³/mol. The fourth-order valence-corrected chi connectivity index (χ4v) is 8.86. The average Bonchev–Trinajstić information content (AvgIpc) is 3.10. The Labute approximate surface area is 147 Å². The molecule has 5 aliphatic rings. The lowest BCUT2D eigenvalue weighted by Gasteiger charge is -2.57. The molecule has 0 aromatic carbocycles. The Morgan fingerprint density at radius 1 is 0.917 bits per heavy atom. The van der Waals surface area contributed by atoms with Crippen molar-refractivity contribution in [2.24, 2.45) is 52.8 Å². The van der Waals surface area contributed by atoms with Crippen LogP contribution in [0.1, 0.15) is 72.1 Å². The Morgan fingerprint density at radius 3 is 2.33 bits per heavy atom. The monoisotopic (exact) mass is 332 g/mol. The largest absolute Gasteiger partial charge is 0.393 e. The summed E-state index contributed by atoms with van der Waals surface area (Å²) in [5.74, 6) is 6.08. The Balaban J connectivity index is 1.41. The van der Waals surface area contributed by atoms with E-state index in [9.17, 15) is 10.2 Å². The summed E-state index contributed by atoms with van der Waals surface area (Å²) in [6.45, 7) is 6.84. The quantitative estimate of drug-likeness (QED) is 0.754. The maximum Gasteiger partial charge on any atom is 0.0708 e. The van der Waals surface area contributed by atoms with Gasteiger partial charge in [0.15, 0.2) is 0 Å². The van der Waals surface area contributed by atoms with Crippen molar-refractivity contribution in [3.05, 3.63) is 0 Å². The number of hydrogen-bond donors (Lipinski definition) is 2. The molecule has 0 radical (unpaired) electrons. The van der Waals surface area contributed by atoms with Crippen LogP contribution in [0.2, 0.25) is 0 Å². The predicted octanol–water partition coefficient (Wildman–Crippen LogP) is 4.24. The number of aliphatic hydroxyl groups excluding tert-OH is 1. The SMILES string of the molecule is CC(O)C1CCC2C3CCC4C(CC(C)C5(O)CC45)C3CCC12C. The summed E-state index contributed by atoms with van der Waals surface area (Å²) in [7, 11) is 0. The molecule has 5 fully saturated rings. The van der Waals surface area contributed by atoms with Gasteiger partial charge in [0.05, 0.1) is 11.7 Å². The fraction of sp³-hybridized carbons (Fsp3) is 1.00. The minimum absolute atomic E-state index is 0.135. The molecule has 0 aromatic rings. The van der Waals surface area contributed by atoms with Gasteiger partial charge < -0.3 is 10.2 Å². The standard InChI is InChI=1S/C22H36O2/c1-12-10-17-14-8-9-21(3)18(13(2)23)6-7-19(21)15(14)4-5-16(17)20-11-22(12,20)24/h12-20,23-24H,4-11H2,1-3H3. The third kappa shape index (κ3) is 1.91. The van der Waals surface area contributed by atoms with Crippen molar-refractivity contribution in [1.29, 1.82) is 0 Å². The second kappa shape index (κ2) is 5.00. The van der Waals surface area contributed by atoms with Gasteiger partial charge in [-0.3, -0.25) is 0 Å². The molecule has 2 N–H and O–H groups in total. The van der Waals surface area contributed by atoms with Crippen molar-refractivity contribution in [3.63, 3.8) is 0 Å². The summed E-state index contributed by atoms with van der Waals surface area (Å²) in [6, 6.07) is 0. The highest BCUT2D eigenvalue weighted by molar-refractivity contribution is 5.17. The van der Waals surface area contributed by atoms with Crippen molar-refractivity contribution in [2.45, 2.75) is 83.8 Å². The normalized spacial score (nSPS) is 62.9. The van der Waals surface area contributed by atoms with E-state index in [1.54, 1.807) is 0 Å². The van der Waals surface area contributed by atoms with E-state index in [1.807, 2.05) is 6.92 Å². The van der Waals surface area contributed by atoms with Crippen LogP contribution in [-0.4, -0.2) is 21.9 Å². The summed E-state index contributed by atoms with van der Waals surface area (Å²) in [6.07, 6.45) is 10.3. The molecule has 5 rings (SSSR count). The summed E-state index contributed by atoms with van der Waals surface area (Å²) < 4.78 is 0. The van der Waals surface area contributed by atoms with Crippen molar-refractivity contribution in [3.8, 4) is 0 Å². The second-order valence-corrected chi connectivity index (χ2v) is 10.7. The number of fused-ring (bicyclic) bond motifs is 7. The van der Waals surface area contributed by atoms with E-state index in [0.717, 1.165) is 36.0 Å². The smallest absolute Gasteiger partial charge is 0.0708 e. The van der Waals surface area contributed by atoms with Gasteiger partial charge in [-0.15, -0.1) is 0 Å². The highest BCUT2D eigenvalue weighted by Gasteiger charge is 2.67. The molecule has 0 aromatic heterocycles. The lowest BCUT2D eigenvalue weighted by Crippen LogP contribution is -2.51. The zero-order chi connectivity index (χ0) is 16.9. The van der Waals surface area contributed by atoms with E-state index in [4.69, 9.17) is 0 Å². The molecule has 0 spiro atoms. The summed E-state index contributed by atoms with van der Waals surface area (Å²) in [5, 5.41) is 21.1. The van der Waals surface area contributed by atoms with Crippen molar-refractivity contribution >= 4 is 0 Å². The summed E-state index contributed by atoms with van der Waals surface area (Å²) in [4.78, 5) is 0. The highest BCUT2D eigenvalue weighted by atomic mass is 16.3. The Hall–Kier alpha value is -0.0800. The average molecular weight is 333 g/mol. The Bertz CT molecular complexity index is 530. The van der Waals surface area contributed by atoms with Crippen LogP contribution >= 0.6 is 0 Å².